The predicted octanol–water partition coefficient (Wildman–Crippen LogP) is 18.6. The van der Waals surface area contributed by atoms with Gasteiger partial charge in [-0.2, -0.15) is 0 Å². The Hall–Kier alpha value is -9.70. The molecular formula is C72H45NO2. The Morgan fingerprint density at radius 1 is 0.267 bits per heavy atom. The standard InChI is InChI=1S/C72H45NO2/c1-2-21-46(22-3-1)47-41-43-48(44-42-47)50-24-8-15-35-62(50)73(63-36-20-34-60-68(63)52-26-6-9-28-54(52)71(60)56-30-11-16-37-64(56)74-65-38-17-12-31-57(65)71)70-51-25-5-4-23-49(51)45-61-69(70)53-27-7-10-29-55(53)72(61)58-32-13-18-39-66(58)75-67-40-19-14-33-59(67)72/h1-45H. The van der Waals surface area contributed by atoms with Crippen LogP contribution in [0.1, 0.15) is 44.5 Å². The van der Waals surface area contributed by atoms with Crippen molar-refractivity contribution in [1.29, 1.82) is 0 Å². The quantitative estimate of drug-likeness (QED) is 0.172. The van der Waals surface area contributed by atoms with Crippen LogP contribution in [0.2, 0.25) is 0 Å². The Morgan fingerprint density at radius 2 is 0.680 bits per heavy atom. The molecule has 0 fully saturated rings. The van der Waals surface area contributed by atoms with E-state index < -0.39 is 10.8 Å². The van der Waals surface area contributed by atoms with Crippen LogP contribution in [-0.2, 0) is 10.8 Å². The lowest BCUT2D eigenvalue weighted by molar-refractivity contribution is 0.436. The van der Waals surface area contributed by atoms with Gasteiger partial charge in [-0.3, -0.25) is 0 Å². The maximum atomic E-state index is 6.87. The monoisotopic (exact) mass is 955 g/mol. The number of hydrogen-bond donors (Lipinski definition) is 0. The third kappa shape index (κ3) is 5.64. The Balaban J connectivity index is 1.06. The second-order valence-corrected chi connectivity index (χ2v) is 20.1. The average molecular weight is 956 g/mol. The fourth-order valence-electron chi connectivity index (χ4n) is 13.7. The molecule has 0 atom stereocenters. The second kappa shape index (κ2) is 15.9. The third-order valence-corrected chi connectivity index (χ3v) is 16.6. The minimum absolute atomic E-state index is 0.668. The highest BCUT2D eigenvalue weighted by atomic mass is 16.5. The number of nitrogens with zero attached hydrogens (tertiary/aromatic N) is 1. The maximum Gasteiger partial charge on any atom is 0.132 e. The van der Waals surface area contributed by atoms with E-state index in [-0.39, 0.29) is 0 Å². The first-order valence-electron chi connectivity index (χ1n) is 25.9. The van der Waals surface area contributed by atoms with Gasteiger partial charge in [0, 0.05) is 44.3 Å². The van der Waals surface area contributed by atoms with Crippen molar-refractivity contribution in [2.45, 2.75) is 10.8 Å². The average Bonchev–Trinajstić information content (AvgIpc) is 3.95. The molecule has 4 aliphatic rings. The van der Waals surface area contributed by atoms with E-state index in [1.54, 1.807) is 0 Å². The molecule has 16 rings (SSSR count). The van der Waals surface area contributed by atoms with Crippen molar-refractivity contribution in [2.75, 3.05) is 4.90 Å². The van der Waals surface area contributed by atoms with Crippen LogP contribution in [0.25, 0.3) is 55.3 Å². The van der Waals surface area contributed by atoms with E-state index in [4.69, 9.17) is 9.47 Å². The molecule has 12 aromatic rings. The first kappa shape index (κ1) is 41.9. The number of para-hydroxylation sites is 5. The summed E-state index contributed by atoms with van der Waals surface area (Å²) in [5, 5.41) is 2.32. The van der Waals surface area contributed by atoms with Gasteiger partial charge in [0.2, 0.25) is 0 Å². The molecule has 0 bridgehead atoms. The van der Waals surface area contributed by atoms with Gasteiger partial charge >= 0.3 is 0 Å². The van der Waals surface area contributed by atoms with Crippen LogP contribution in [0.15, 0.2) is 273 Å². The van der Waals surface area contributed by atoms with Crippen LogP contribution < -0.4 is 14.4 Å². The largest absolute Gasteiger partial charge is 0.457 e. The molecule has 3 heteroatoms. The highest BCUT2D eigenvalue weighted by Gasteiger charge is 2.54. The summed E-state index contributed by atoms with van der Waals surface area (Å²) >= 11 is 0. The van der Waals surface area contributed by atoms with Crippen molar-refractivity contribution in [3.63, 3.8) is 0 Å². The van der Waals surface area contributed by atoms with Gasteiger partial charge in [-0.25, -0.2) is 0 Å². The molecular weight excluding hydrogens is 911 g/mol. The minimum Gasteiger partial charge on any atom is -0.457 e. The zero-order chi connectivity index (χ0) is 49.2. The van der Waals surface area contributed by atoms with Gasteiger partial charge in [0.1, 0.15) is 23.0 Å². The fourth-order valence-corrected chi connectivity index (χ4v) is 13.7. The number of benzene rings is 12. The highest BCUT2D eigenvalue weighted by molar-refractivity contribution is 6.13. The first-order chi connectivity index (χ1) is 37.2. The third-order valence-electron chi connectivity index (χ3n) is 16.6. The summed E-state index contributed by atoms with van der Waals surface area (Å²) in [5.41, 5.74) is 20.8. The van der Waals surface area contributed by atoms with Crippen LogP contribution >= 0.6 is 0 Å². The Labute approximate surface area is 435 Å². The van der Waals surface area contributed by atoms with Gasteiger partial charge in [0.05, 0.1) is 27.9 Å². The van der Waals surface area contributed by atoms with Crippen molar-refractivity contribution >= 4 is 27.8 Å². The van der Waals surface area contributed by atoms with Gasteiger partial charge in [0.25, 0.3) is 0 Å². The highest BCUT2D eigenvalue weighted by Crippen LogP contribution is 2.68. The number of fused-ring (bicyclic) bond motifs is 19. The van der Waals surface area contributed by atoms with Gasteiger partial charge in [-0.05, 0) is 97.9 Å². The summed E-state index contributed by atoms with van der Waals surface area (Å²) < 4.78 is 13.7. The van der Waals surface area contributed by atoms with Gasteiger partial charge in [-0.15, -0.1) is 0 Å². The van der Waals surface area contributed by atoms with E-state index in [9.17, 15) is 0 Å². The molecule has 350 valence electrons. The molecule has 12 aromatic carbocycles. The molecule has 2 aliphatic heterocycles. The van der Waals surface area contributed by atoms with E-state index in [1.807, 2.05) is 0 Å². The lowest BCUT2D eigenvalue weighted by Gasteiger charge is -2.40. The maximum absolute atomic E-state index is 6.87. The van der Waals surface area contributed by atoms with Gasteiger partial charge in [-0.1, -0.05) is 231 Å². The van der Waals surface area contributed by atoms with Crippen molar-refractivity contribution in [3.8, 4) is 67.5 Å². The predicted molar refractivity (Wildman–Crippen MR) is 304 cm³/mol. The molecule has 75 heavy (non-hydrogen) atoms. The van der Waals surface area contributed by atoms with E-state index >= 15 is 0 Å². The SMILES string of the molecule is c1ccc(-c2ccc(-c3ccccc3N(c3cccc4c3-c3ccccc3C43c4ccccc4Oc4ccccc43)c3c4c(cc5ccccc35)C3(c5ccccc5Oc5ccccc53)c3ccccc3-4)cc2)cc1. The van der Waals surface area contributed by atoms with Crippen molar-refractivity contribution < 1.29 is 9.47 Å². The van der Waals surface area contributed by atoms with E-state index in [2.05, 4.69) is 278 Å². The molecule has 2 aliphatic carbocycles. The molecule has 0 radical (unpaired) electrons. The summed E-state index contributed by atoms with van der Waals surface area (Å²) in [7, 11) is 0. The smallest absolute Gasteiger partial charge is 0.132 e. The topological polar surface area (TPSA) is 21.7 Å². The van der Waals surface area contributed by atoms with E-state index in [0.717, 1.165) is 84.2 Å². The Kier molecular flexibility index (Phi) is 8.88. The van der Waals surface area contributed by atoms with Crippen LogP contribution in [0.5, 0.6) is 23.0 Å². The van der Waals surface area contributed by atoms with Crippen LogP contribution in [0, 0.1) is 0 Å². The number of ether oxygens (including phenoxy) is 2. The molecule has 0 saturated carbocycles. The molecule has 0 aromatic heterocycles. The fraction of sp³-hybridized carbons (Fsp3) is 0.0278. The summed E-state index contributed by atoms with van der Waals surface area (Å²) in [4.78, 5) is 2.64. The number of rotatable bonds is 5. The summed E-state index contributed by atoms with van der Waals surface area (Å²) in [5.74, 6) is 3.48. The molecule has 0 amide bonds. The molecule has 0 N–H and O–H groups in total. The zero-order valence-electron chi connectivity index (χ0n) is 40.7. The van der Waals surface area contributed by atoms with Crippen molar-refractivity contribution in [2.24, 2.45) is 0 Å². The molecule has 0 saturated heterocycles. The Morgan fingerprint density at radius 3 is 1.28 bits per heavy atom. The lowest BCUT2D eigenvalue weighted by Crippen LogP contribution is -2.32. The van der Waals surface area contributed by atoms with Crippen LogP contribution in [0.4, 0.5) is 17.1 Å². The summed E-state index contributed by atoms with van der Waals surface area (Å²) in [6.07, 6.45) is 0. The molecule has 2 heterocycles. The zero-order valence-corrected chi connectivity index (χ0v) is 40.7. The summed E-state index contributed by atoms with van der Waals surface area (Å²) in [6, 6.07) is 100. The van der Waals surface area contributed by atoms with E-state index in [0.29, 0.717) is 0 Å². The number of hydrogen-bond acceptors (Lipinski definition) is 3. The normalized spacial score (nSPS) is 14.0. The van der Waals surface area contributed by atoms with Crippen molar-refractivity contribution in [1.82, 2.24) is 0 Å². The second-order valence-electron chi connectivity index (χ2n) is 20.1. The molecule has 0 unspecified atom stereocenters. The van der Waals surface area contributed by atoms with Crippen molar-refractivity contribution in [3.05, 3.63) is 317 Å². The molecule has 3 nitrogen and oxygen atoms in total. The molecule has 2 spiro atoms. The van der Waals surface area contributed by atoms with Crippen LogP contribution in [-0.4, -0.2) is 0 Å². The Bertz CT molecular complexity index is 4230. The minimum atomic E-state index is -0.695. The van der Waals surface area contributed by atoms with Crippen LogP contribution in [0.3, 0.4) is 0 Å². The summed E-state index contributed by atoms with van der Waals surface area (Å²) in [6.45, 7) is 0. The lowest BCUT2D eigenvalue weighted by atomic mass is 9.66. The first-order valence-corrected chi connectivity index (χ1v) is 25.9. The number of anilines is 3. The van der Waals surface area contributed by atoms with E-state index in [1.165, 1.54) is 55.6 Å². The van der Waals surface area contributed by atoms with Gasteiger partial charge in [0.15, 0.2) is 0 Å². The van der Waals surface area contributed by atoms with Gasteiger partial charge < -0.3 is 14.4 Å².